The number of hydrogen-bond donors (Lipinski definition) is 2. The molecule has 8 nitrogen and oxygen atoms in total. The van der Waals surface area contributed by atoms with E-state index in [2.05, 4.69) is 15.7 Å². The van der Waals surface area contributed by atoms with E-state index in [9.17, 15) is 4.79 Å². The largest absolute Gasteiger partial charge is 0.376 e. The molecule has 3 rings (SSSR count). The van der Waals surface area contributed by atoms with Crippen LogP contribution in [0.25, 0.3) is 5.69 Å². The number of aliphatic imine (C=N–C) groups is 1. The summed E-state index contributed by atoms with van der Waals surface area (Å²) in [7, 11) is 3.49. The third-order valence-corrected chi connectivity index (χ3v) is 5.05. The van der Waals surface area contributed by atoms with E-state index in [1.54, 1.807) is 19.0 Å². The Kier molecular flexibility index (Phi) is 10.3. The van der Waals surface area contributed by atoms with E-state index < -0.39 is 0 Å². The number of hydrogen-bond acceptors (Lipinski definition) is 4. The fourth-order valence-electron chi connectivity index (χ4n) is 3.25. The number of halogens is 1. The van der Waals surface area contributed by atoms with Gasteiger partial charge in [0, 0.05) is 33.4 Å². The summed E-state index contributed by atoms with van der Waals surface area (Å²) >= 11 is 0. The van der Waals surface area contributed by atoms with Crippen LogP contribution in [0.15, 0.2) is 41.5 Å². The number of benzene rings is 1. The van der Waals surface area contributed by atoms with Gasteiger partial charge in [0.15, 0.2) is 5.96 Å². The summed E-state index contributed by atoms with van der Waals surface area (Å²) in [5.74, 6) is 0.594. The van der Waals surface area contributed by atoms with Gasteiger partial charge in [-0.3, -0.25) is 4.79 Å². The van der Waals surface area contributed by atoms with E-state index in [0.717, 1.165) is 36.4 Å². The normalized spacial score (nSPS) is 16.4. The van der Waals surface area contributed by atoms with E-state index >= 15 is 0 Å². The first-order valence-electron chi connectivity index (χ1n) is 10.5. The number of aromatic nitrogens is 2. The second-order valence-electron chi connectivity index (χ2n) is 7.71. The van der Waals surface area contributed by atoms with E-state index in [0.29, 0.717) is 19.0 Å². The molecule has 1 saturated heterocycles. The summed E-state index contributed by atoms with van der Waals surface area (Å²) in [4.78, 5) is 18.3. The van der Waals surface area contributed by atoms with Crippen molar-refractivity contribution in [3.63, 3.8) is 0 Å². The Balaban J connectivity index is 0.00000341. The average Bonchev–Trinajstić information content (AvgIpc) is 3.20. The highest BCUT2D eigenvalue weighted by Crippen LogP contribution is 2.15. The number of carbonyl (C=O) groups excluding carboxylic acids is 1. The lowest BCUT2D eigenvalue weighted by molar-refractivity contribution is -0.127. The molecule has 31 heavy (non-hydrogen) atoms. The van der Waals surface area contributed by atoms with Crippen LogP contribution in [-0.4, -0.2) is 66.4 Å². The molecule has 2 heterocycles. The third kappa shape index (κ3) is 7.80. The van der Waals surface area contributed by atoms with Gasteiger partial charge in [-0.1, -0.05) is 18.2 Å². The number of rotatable bonds is 7. The summed E-state index contributed by atoms with van der Waals surface area (Å²) in [5, 5.41) is 11.0. The van der Waals surface area contributed by atoms with Gasteiger partial charge in [0.2, 0.25) is 5.91 Å². The van der Waals surface area contributed by atoms with Gasteiger partial charge in [0.25, 0.3) is 0 Å². The minimum absolute atomic E-state index is 0. The number of guanidine groups is 1. The Hall–Kier alpha value is -2.14. The summed E-state index contributed by atoms with van der Waals surface area (Å²) in [6.07, 6.45) is 5.47. The molecule has 0 aliphatic carbocycles. The second-order valence-corrected chi connectivity index (χ2v) is 7.71. The Labute approximate surface area is 201 Å². The summed E-state index contributed by atoms with van der Waals surface area (Å²) in [6.45, 7) is 4.10. The lowest BCUT2D eigenvalue weighted by Gasteiger charge is -2.24. The molecule has 1 aliphatic heterocycles. The van der Waals surface area contributed by atoms with Crippen LogP contribution in [0.4, 0.5) is 0 Å². The fraction of sp³-hybridized carbons (Fsp3) is 0.500. The van der Waals surface area contributed by atoms with Gasteiger partial charge in [-0.2, -0.15) is 5.10 Å². The van der Waals surface area contributed by atoms with Crippen molar-refractivity contribution in [2.45, 2.75) is 38.8 Å². The number of nitrogens with one attached hydrogen (secondary N) is 2. The lowest BCUT2D eigenvalue weighted by atomic mass is 10.1. The molecule has 2 aromatic rings. The van der Waals surface area contributed by atoms with Gasteiger partial charge in [0.1, 0.15) is 0 Å². The van der Waals surface area contributed by atoms with Crippen molar-refractivity contribution in [3.05, 3.63) is 47.8 Å². The second kappa shape index (κ2) is 12.7. The Morgan fingerprint density at radius 2 is 2.06 bits per heavy atom. The molecule has 0 radical (unpaired) electrons. The van der Waals surface area contributed by atoms with Crippen molar-refractivity contribution < 1.29 is 9.53 Å². The summed E-state index contributed by atoms with van der Waals surface area (Å²) in [6, 6.07) is 10.0. The van der Waals surface area contributed by atoms with Gasteiger partial charge in [-0.15, -0.1) is 24.0 Å². The van der Waals surface area contributed by atoms with Gasteiger partial charge >= 0.3 is 0 Å². The maximum Gasteiger partial charge on any atom is 0.241 e. The van der Waals surface area contributed by atoms with E-state index in [1.807, 2.05) is 48.1 Å². The minimum Gasteiger partial charge on any atom is -0.376 e. The molecule has 0 saturated carbocycles. The highest BCUT2D eigenvalue weighted by atomic mass is 127. The lowest BCUT2D eigenvalue weighted by Crippen LogP contribution is -2.45. The van der Waals surface area contributed by atoms with Gasteiger partial charge in [-0.25, -0.2) is 9.67 Å². The van der Waals surface area contributed by atoms with Crippen LogP contribution in [0.1, 0.15) is 30.5 Å². The number of ether oxygens (including phenoxy) is 1. The number of aryl methyl sites for hydroxylation is 1. The van der Waals surface area contributed by atoms with Crippen molar-refractivity contribution >= 4 is 35.8 Å². The van der Waals surface area contributed by atoms with Crippen LogP contribution in [0.3, 0.4) is 0 Å². The summed E-state index contributed by atoms with van der Waals surface area (Å²) < 4.78 is 7.67. The molecule has 0 bridgehead atoms. The van der Waals surface area contributed by atoms with Crippen molar-refractivity contribution in [2.24, 2.45) is 4.99 Å². The Bertz CT molecular complexity index is 861. The van der Waals surface area contributed by atoms with Crippen LogP contribution in [0, 0.1) is 6.92 Å². The number of carbonyl (C=O) groups is 1. The number of para-hydroxylation sites is 1. The van der Waals surface area contributed by atoms with Gasteiger partial charge in [-0.05, 0) is 43.9 Å². The molecule has 1 unspecified atom stereocenters. The van der Waals surface area contributed by atoms with Crippen molar-refractivity contribution in [2.75, 3.05) is 33.8 Å². The highest BCUT2D eigenvalue weighted by molar-refractivity contribution is 14.0. The van der Waals surface area contributed by atoms with Crippen molar-refractivity contribution in [1.29, 1.82) is 0 Å². The average molecular weight is 540 g/mol. The first kappa shape index (κ1) is 25.1. The van der Waals surface area contributed by atoms with Crippen LogP contribution >= 0.6 is 24.0 Å². The van der Waals surface area contributed by atoms with Crippen LogP contribution in [-0.2, 0) is 16.1 Å². The molecule has 2 N–H and O–H groups in total. The molecule has 1 atom stereocenters. The molecular formula is C22H33IN6O2. The molecule has 1 aromatic carbocycles. The predicted molar refractivity (Wildman–Crippen MR) is 133 cm³/mol. The van der Waals surface area contributed by atoms with Gasteiger partial charge < -0.3 is 20.3 Å². The standard InChI is InChI=1S/C22H32N6O2.HI/c1-17-11-12-28(26-17)20-10-5-4-8-18(20)14-23-22(25-16-21(29)27(2)3)24-15-19-9-6-7-13-30-19;/h4-5,8,10-12,19H,6-7,9,13-16H2,1-3H3,(H2,23,24,25);1H. The summed E-state index contributed by atoms with van der Waals surface area (Å²) in [5.41, 5.74) is 3.01. The quantitative estimate of drug-likeness (QED) is 0.321. The SMILES string of the molecule is Cc1ccn(-c2ccccc2CN=C(NCC(=O)N(C)C)NCC2CCCCO2)n1.I. The Morgan fingerprint density at radius 3 is 2.74 bits per heavy atom. The van der Waals surface area contributed by atoms with Crippen molar-refractivity contribution in [1.82, 2.24) is 25.3 Å². The fourth-order valence-corrected chi connectivity index (χ4v) is 3.25. The number of likely N-dealkylation sites (N-methyl/N-ethyl adjacent to an activating group) is 1. The van der Waals surface area contributed by atoms with E-state index in [-0.39, 0.29) is 42.5 Å². The minimum atomic E-state index is -0.00849. The Morgan fingerprint density at radius 1 is 1.26 bits per heavy atom. The highest BCUT2D eigenvalue weighted by Gasteiger charge is 2.15. The van der Waals surface area contributed by atoms with Crippen LogP contribution < -0.4 is 10.6 Å². The van der Waals surface area contributed by atoms with Gasteiger partial charge in [0.05, 0.1) is 30.6 Å². The smallest absolute Gasteiger partial charge is 0.241 e. The zero-order valence-electron chi connectivity index (χ0n) is 18.5. The topological polar surface area (TPSA) is 83.8 Å². The number of amides is 1. The maximum absolute atomic E-state index is 12.0. The first-order chi connectivity index (χ1) is 14.5. The molecule has 1 aromatic heterocycles. The van der Waals surface area contributed by atoms with Crippen molar-refractivity contribution in [3.8, 4) is 5.69 Å². The van der Waals surface area contributed by atoms with Crippen LogP contribution in [0.2, 0.25) is 0 Å². The molecule has 0 spiro atoms. The van der Waals surface area contributed by atoms with Crippen LogP contribution in [0.5, 0.6) is 0 Å². The first-order valence-corrected chi connectivity index (χ1v) is 10.5. The molecule has 1 fully saturated rings. The van der Waals surface area contributed by atoms with E-state index in [4.69, 9.17) is 9.73 Å². The third-order valence-electron chi connectivity index (χ3n) is 5.05. The molecule has 170 valence electrons. The number of nitrogens with zero attached hydrogens (tertiary/aromatic N) is 4. The van der Waals surface area contributed by atoms with E-state index in [1.165, 1.54) is 6.42 Å². The molecule has 1 amide bonds. The molecule has 1 aliphatic rings. The molecular weight excluding hydrogens is 507 g/mol. The molecule has 9 heteroatoms. The maximum atomic E-state index is 12.0. The predicted octanol–water partition coefficient (Wildman–Crippen LogP) is 2.49. The zero-order chi connectivity index (χ0) is 21.3. The monoisotopic (exact) mass is 540 g/mol. The zero-order valence-corrected chi connectivity index (χ0v) is 20.8.